The molecular weight excluding hydrogens is 472 g/mol. The third-order valence-corrected chi connectivity index (χ3v) is 4.21. The first kappa shape index (κ1) is 18.6. The number of aromatic nitrogens is 2. The maximum absolute atomic E-state index is 4.41. The molecule has 0 spiro atoms. The Kier molecular flexibility index (Phi) is 6.15. The topological polar surface area (TPSA) is 17.8 Å². The van der Waals surface area contributed by atoms with Crippen LogP contribution in [0.3, 0.4) is 0 Å². The van der Waals surface area contributed by atoms with Gasteiger partial charge in [-0.2, -0.15) is 29.4 Å². The van der Waals surface area contributed by atoms with E-state index < -0.39 is 0 Å². The minimum Gasteiger partial charge on any atom is -0.265 e. The van der Waals surface area contributed by atoms with Crippen LogP contribution in [-0.4, -0.2) is 9.78 Å². The number of para-hydroxylation sites is 1. The molecule has 2 aromatic carbocycles. The summed E-state index contributed by atoms with van der Waals surface area (Å²) in [5.41, 5.74) is 6.30. The van der Waals surface area contributed by atoms with E-state index in [9.17, 15) is 0 Å². The minimum absolute atomic E-state index is 0. The second-order valence-corrected chi connectivity index (χ2v) is 6.50. The van der Waals surface area contributed by atoms with E-state index in [1.54, 1.807) is 0 Å². The molecule has 0 amide bonds. The van der Waals surface area contributed by atoms with E-state index in [0.29, 0.717) is 11.8 Å². The van der Waals surface area contributed by atoms with Crippen LogP contribution in [-0.2, 0) is 20.1 Å². The summed E-state index contributed by atoms with van der Waals surface area (Å²) in [6.07, 6.45) is 3.78. The van der Waals surface area contributed by atoms with Crippen molar-refractivity contribution in [3.8, 4) is 16.8 Å². The average molecular weight is 496 g/mol. The Hall–Kier alpha value is -1.70. The minimum atomic E-state index is 0. The summed E-state index contributed by atoms with van der Waals surface area (Å²) in [5, 5.41) is 4.41. The van der Waals surface area contributed by atoms with Crippen molar-refractivity contribution in [2.24, 2.45) is 0 Å². The maximum atomic E-state index is 4.41. The molecule has 3 aromatic rings. The molecule has 0 aliphatic heterocycles. The van der Waals surface area contributed by atoms with Crippen LogP contribution in [0.1, 0.15) is 50.7 Å². The molecular formula is C21H23IrN2-. The smallest absolute Gasteiger partial charge is 0.0493 e. The monoisotopic (exact) mass is 496 g/mol. The van der Waals surface area contributed by atoms with Crippen LogP contribution in [0.25, 0.3) is 16.8 Å². The number of nitrogens with zero attached hydrogens (tertiary/aromatic N) is 2. The first-order valence-corrected chi connectivity index (χ1v) is 8.23. The third-order valence-electron chi connectivity index (χ3n) is 4.21. The molecule has 127 valence electrons. The molecule has 24 heavy (non-hydrogen) atoms. The zero-order chi connectivity index (χ0) is 16.4. The van der Waals surface area contributed by atoms with Gasteiger partial charge in [-0.1, -0.05) is 51.5 Å². The van der Waals surface area contributed by atoms with E-state index in [2.05, 4.69) is 69.2 Å². The van der Waals surface area contributed by atoms with E-state index in [-0.39, 0.29) is 20.1 Å². The zero-order valence-corrected chi connectivity index (χ0v) is 17.0. The number of hydrogen-bond donors (Lipinski definition) is 0. The standard InChI is InChI=1S/C21H23N2.Ir/c1-15(2)17-10-7-11-18(16(3)4)21(17)19-9-5-6-12-20(19)23-14-8-13-22-23;/h5-11,13-16H,1-4H3;/q-1;. The Balaban J connectivity index is 0.00000208. The van der Waals surface area contributed by atoms with Crippen LogP contribution in [0.5, 0.6) is 0 Å². The van der Waals surface area contributed by atoms with Gasteiger partial charge in [-0.3, -0.25) is 4.68 Å². The second-order valence-electron chi connectivity index (χ2n) is 6.50. The van der Waals surface area contributed by atoms with Crippen molar-refractivity contribution in [1.29, 1.82) is 0 Å². The molecule has 0 atom stereocenters. The molecule has 3 rings (SSSR count). The zero-order valence-electron chi connectivity index (χ0n) is 14.6. The number of benzene rings is 2. The van der Waals surface area contributed by atoms with E-state index in [4.69, 9.17) is 0 Å². The van der Waals surface area contributed by atoms with Gasteiger partial charge < -0.3 is 0 Å². The van der Waals surface area contributed by atoms with Gasteiger partial charge in [-0.25, -0.2) is 0 Å². The molecule has 0 N–H and O–H groups in total. The molecule has 0 fully saturated rings. The van der Waals surface area contributed by atoms with Crippen LogP contribution in [0, 0.1) is 6.07 Å². The van der Waals surface area contributed by atoms with Crippen molar-refractivity contribution in [3.63, 3.8) is 0 Å². The summed E-state index contributed by atoms with van der Waals surface area (Å²) in [6, 6.07) is 18.2. The van der Waals surface area contributed by atoms with Gasteiger partial charge in [0.25, 0.3) is 0 Å². The normalized spacial score (nSPS) is 10.9. The van der Waals surface area contributed by atoms with Crippen LogP contribution in [0.4, 0.5) is 0 Å². The van der Waals surface area contributed by atoms with Gasteiger partial charge in [0.2, 0.25) is 0 Å². The van der Waals surface area contributed by atoms with E-state index in [0.717, 1.165) is 5.69 Å². The summed E-state index contributed by atoms with van der Waals surface area (Å²) in [7, 11) is 0. The van der Waals surface area contributed by atoms with Gasteiger partial charge in [-0.15, -0.1) is 5.56 Å². The molecule has 0 saturated carbocycles. The summed E-state index contributed by atoms with van der Waals surface area (Å²) < 4.78 is 1.90. The maximum Gasteiger partial charge on any atom is 0.0493 e. The fourth-order valence-electron chi connectivity index (χ4n) is 3.08. The second kappa shape index (κ2) is 7.92. The molecule has 0 bridgehead atoms. The molecule has 3 heteroatoms. The van der Waals surface area contributed by atoms with E-state index >= 15 is 0 Å². The summed E-state index contributed by atoms with van der Waals surface area (Å²) >= 11 is 0. The van der Waals surface area contributed by atoms with Gasteiger partial charge in [0.05, 0.1) is 0 Å². The van der Waals surface area contributed by atoms with Gasteiger partial charge in [0.15, 0.2) is 0 Å². The van der Waals surface area contributed by atoms with Crippen LogP contribution in [0.2, 0.25) is 0 Å². The Morgan fingerprint density at radius 2 is 1.58 bits per heavy atom. The van der Waals surface area contributed by atoms with Crippen molar-refractivity contribution in [2.45, 2.75) is 39.5 Å². The Morgan fingerprint density at radius 3 is 2.12 bits per heavy atom. The van der Waals surface area contributed by atoms with Crippen LogP contribution >= 0.6 is 0 Å². The molecule has 1 radical (unpaired) electrons. The fourth-order valence-corrected chi connectivity index (χ4v) is 3.08. The van der Waals surface area contributed by atoms with Gasteiger partial charge in [0, 0.05) is 32.5 Å². The molecule has 0 saturated heterocycles. The largest absolute Gasteiger partial charge is 0.265 e. The summed E-state index contributed by atoms with van der Waals surface area (Å²) in [5.74, 6) is 0.934. The first-order valence-electron chi connectivity index (χ1n) is 8.23. The van der Waals surface area contributed by atoms with E-state index in [1.165, 1.54) is 22.3 Å². The third kappa shape index (κ3) is 3.53. The predicted molar refractivity (Wildman–Crippen MR) is 96.0 cm³/mol. The van der Waals surface area contributed by atoms with Crippen molar-refractivity contribution in [2.75, 3.05) is 0 Å². The number of hydrogen-bond acceptors (Lipinski definition) is 1. The molecule has 1 heterocycles. The van der Waals surface area contributed by atoms with Gasteiger partial charge >= 0.3 is 0 Å². The Labute approximate surface area is 158 Å². The van der Waals surface area contributed by atoms with Crippen molar-refractivity contribution < 1.29 is 20.1 Å². The Bertz CT molecular complexity index is 763. The van der Waals surface area contributed by atoms with Crippen LogP contribution < -0.4 is 0 Å². The molecule has 0 aliphatic rings. The molecule has 0 unspecified atom stereocenters. The van der Waals surface area contributed by atoms with Crippen molar-refractivity contribution >= 4 is 0 Å². The van der Waals surface area contributed by atoms with Crippen molar-refractivity contribution in [1.82, 2.24) is 9.78 Å². The number of rotatable bonds is 4. The molecule has 1 aromatic heterocycles. The fraction of sp³-hybridized carbons (Fsp3) is 0.286. The van der Waals surface area contributed by atoms with Gasteiger partial charge in [-0.05, 0) is 34.7 Å². The average Bonchev–Trinajstić information content (AvgIpc) is 3.08. The van der Waals surface area contributed by atoms with Gasteiger partial charge in [0.1, 0.15) is 0 Å². The molecule has 0 aliphatic carbocycles. The Morgan fingerprint density at radius 1 is 0.917 bits per heavy atom. The SMILES string of the molecule is CC(C)c1cccc(C(C)C)c1-c1ccc[c-]c1-n1cccn1.[Ir]. The molecule has 2 nitrogen and oxygen atoms in total. The van der Waals surface area contributed by atoms with Crippen molar-refractivity contribution in [3.05, 3.63) is 72.1 Å². The first-order chi connectivity index (χ1) is 11.1. The summed E-state index contributed by atoms with van der Waals surface area (Å²) in [4.78, 5) is 0. The summed E-state index contributed by atoms with van der Waals surface area (Å²) in [6.45, 7) is 9.01. The van der Waals surface area contributed by atoms with Crippen LogP contribution in [0.15, 0.2) is 54.9 Å². The predicted octanol–water partition coefficient (Wildman–Crippen LogP) is 5.58. The van der Waals surface area contributed by atoms with E-state index in [1.807, 2.05) is 29.2 Å². The quantitative estimate of drug-likeness (QED) is 0.432.